The topological polar surface area (TPSA) is 102 Å². The van der Waals surface area contributed by atoms with Crippen molar-refractivity contribution in [2.75, 3.05) is 18.5 Å². The average molecular weight is 309 g/mol. The maximum Gasteiger partial charge on any atom is 0.322 e. The van der Waals surface area contributed by atoms with E-state index in [-0.39, 0.29) is 0 Å². The van der Waals surface area contributed by atoms with Gasteiger partial charge in [0.1, 0.15) is 5.82 Å². The van der Waals surface area contributed by atoms with Crippen molar-refractivity contribution in [1.82, 2.24) is 30.1 Å². The van der Waals surface area contributed by atoms with E-state index in [1.165, 1.54) is 11.8 Å². The number of rotatable bonds is 8. The van der Waals surface area contributed by atoms with Gasteiger partial charge < -0.3 is 10.1 Å². The van der Waals surface area contributed by atoms with Gasteiger partial charge in [0.25, 0.3) is 0 Å². The van der Waals surface area contributed by atoms with Gasteiger partial charge in [0.05, 0.1) is 6.61 Å². The minimum absolute atomic E-state index is 0.320. The molecule has 0 bridgehead atoms. The molecule has 2 rings (SSSR count). The molecule has 0 fully saturated rings. The highest BCUT2D eigenvalue weighted by atomic mass is 32.2. The first-order valence-corrected chi connectivity index (χ1v) is 7.72. The van der Waals surface area contributed by atoms with Gasteiger partial charge in [-0.2, -0.15) is 15.0 Å². The van der Waals surface area contributed by atoms with Crippen LogP contribution in [0.5, 0.6) is 6.01 Å². The lowest BCUT2D eigenvalue weighted by molar-refractivity contribution is 0.288. The van der Waals surface area contributed by atoms with Crippen LogP contribution in [0.4, 0.5) is 5.95 Å². The summed E-state index contributed by atoms with van der Waals surface area (Å²) in [7, 11) is 0. The summed E-state index contributed by atoms with van der Waals surface area (Å²) >= 11 is 1.27. The van der Waals surface area contributed by atoms with Gasteiger partial charge in [0.15, 0.2) is 0 Å². The molecule has 2 heterocycles. The van der Waals surface area contributed by atoms with Crippen LogP contribution in [0.2, 0.25) is 0 Å². The number of aromatic nitrogens is 6. The van der Waals surface area contributed by atoms with E-state index >= 15 is 0 Å². The van der Waals surface area contributed by atoms with Crippen LogP contribution in [0, 0.1) is 6.92 Å². The Morgan fingerprint density at radius 2 is 1.95 bits per heavy atom. The van der Waals surface area contributed by atoms with Crippen molar-refractivity contribution in [2.45, 2.75) is 43.9 Å². The van der Waals surface area contributed by atoms with Crippen molar-refractivity contribution >= 4 is 17.7 Å². The molecule has 2 N–H and O–H groups in total. The zero-order valence-electron chi connectivity index (χ0n) is 12.4. The van der Waals surface area contributed by atoms with Crippen LogP contribution in [0.15, 0.2) is 10.3 Å². The zero-order valence-corrected chi connectivity index (χ0v) is 13.2. The summed E-state index contributed by atoms with van der Waals surface area (Å²) in [6.07, 6.45) is 1.88. The van der Waals surface area contributed by atoms with E-state index in [9.17, 15) is 0 Å². The maximum atomic E-state index is 5.50. The molecule has 0 unspecified atom stereocenters. The lowest BCUT2D eigenvalue weighted by atomic mass is 10.5. The Labute approximate surface area is 127 Å². The Hall–Kier alpha value is -1.90. The molecule has 0 radical (unpaired) electrons. The third kappa shape index (κ3) is 4.85. The van der Waals surface area contributed by atoms with Gasteiger partial charge in [-0.15, -0.1) is 5.10 Å². The van der Waals surface area contributed by atoms with Gasteiger partial charge in [-0.1, -0.05) is 13.8 Å². The van der Waals surface area contributed by atoms with E-state index in [0.717, 1.165) is 25.2 Å². The van der Waals surface area contributed by atoms with Crippen LogP contribution >= 0.6 is 11.8 Å². The lowest BCUT2D eigenvalue weighted by Crippen LogP contribution is -2.09. The molecule has 0 aliphatic carbocycles. The number of nitrogens with one attached hydrogen (secondary N) is 2. The van der Waals surface area contributed by atoms with Crippen LogP contribution in [-0.2, 0) is 0 Å². The molecule has 0 amide bonds. The summed E-state index contributed by atoms with van der Waals surface area (Å²) in [5, 5.41) is 11.1. The van der Waals surface area contributed by atoms with Crippen molar-refractivity contribution in [2.24, 2.45) is 0 Å². The number of hydrogen-bond donors (Lipinski definition) is 2. The number of aromatic amines is 1. The predicted molar refractivity (Wildman–Crippen MR) is 79.6 cm³/mol. The SMILES string of the molecule is CCCNc1nc(OCCC)nc(Sc2n[nH]c(C)n2)n1. The second kappa shape index (κ2) is 7.77. The number of H-pyrrole nitrogens is 1. The maximum absolute atomic E-state index is 5.50. The summed E-state index contributed by atoms with van der Waals surface area (Å²) in [5.41, 5.74) is 0. The second-order valence-electron chi connectivity index (χ2n) is 4.30. The van der Waals surface area contributed by atoms with E-state index in [0.29, 0.717) is 28.9 Å². The van der Waals surface area contributed by atoms with Crippen molar-refractivity contribution < 1.29 is 4.74 Å². The quantitative estimate of drug-likeness (QED) is 0.764. The number of ether oxygens (including phenoxy) is 1. The van der Waals surface area contributed by atoms with E-state index < -0.39 is 0 Å². The Kier molecular flexibility index (Phi) is 5.73. The highest BCUT2D eigenvalue weighted by Crippen LogP contribution is 2.23. The predicted octanol–water partition coefficient (Wildman–Crippen LogP) is 2.06. The van der Waals surface area contributed by atoms with E-state index in [2.05, 4.69) is 42.4 Å². The molecule has 0 atom stereocenters. The highest BCUT2D eigenvalue weighted by Gasteiger charge is 2.11. The first kappa shape index (κ1) is 15.5. The van der Waals surface area contributed by atoms with E-state index in [1.807, 2.05) is 13.8 Å². The second-order valence-corrected chi connectivity index (χ2v) is 5.24. The fraction of sp³-hybridized carbons (Fsp3) is 0.583. The fourth-order valence-electron chi connectivity index (χ4n) is 1.41. The average Bonchev–Trinajstić information content (AvgIpc) is 2.88. The van der Waals surface area contributed by atoms with Gasteiger partial charge in [-0.05, 0) is 31.5 Å². The first-order valence-electron chi connectivity index (χ1n) is 6.90. The van der Waals surface area contributed by atoms with Crippen molar-refractivity contribution in [3.05, 3.63) is 5.82 Å². The van der Waals surface area contributed by atoms with Gasteiger partial charge >= 0.3 is 6.01 Å². The van der Waals surface area contributed by atoms with E-state index in [4.69, 9.17) is 4.74 Å². The van der Waals surface area contributed by atoms with Crippen molar-refractivity contribution in [3.63, 3.8) is 0 Å². The number of nitrogens with zero attached hydrogens (tertiary/aromatic N) is 5. The highest BCUT2D eigenvalue weighted by molar-refractivity contribution is 7.99. The molecule has 21 heavy (non-hydrogen) atoms. The van der Waals surface area contributed by atoms with Crippen LogP contribution in [0.3, 0.4) is 0 Å². The van der Waals surface area contributed by atoms with Crippen molar-refractivity contribution in [3.8, 4) is 6.01 Å². The number of aryl methyl sites for hydroxylation is 1. The number of anilines is 1. The van der Waals surface area contributed by atoms with E-state index in [1.54, 1.807) is 0 Å². The molecule has 2 aromatic heterocycles. The molecular formula is C12H19N7OS. The molecule has 9 heteroatoms. The fourth-order valence-corrected chi connectivity index (χ4v) is 2.10. The largest absolute Gasteiger partial charge is 0.463 e. The third-order valence-corrected chi connectivity index (χ3v) is 3.05. The monoisotopic (exact) mass is 309 g/mol. The van der Waals surface area contributed by atoms with Crippen LogP contribution in [-0.4, -0.2) is 43.3 Å². The Bertz CT molecular complexity index is 548. The number of hydrogen-bond acceptors (Lipinski definition) is 8. The lowest BCUT2D eigenvalue weighted by Gasteiger charge is -2.07. The summed E-state index contributed by atoms with van der Waals surface area (Å²) in [5.74, 6) is 1.26. The van der Waals surface area contributed by atoms with Gasteiger partial charge in [0, 0.05) is 6.54 Å². The van der Waals surface area contributed by atoms with Gasteiger partial charge in [0.2, 0.25) is 16.3 Å². The Balaban J connectivity index is 2.16. The zero-order chi connectivity index (χ0) is 15.1. The smallest absolute Gasteiger partial charge is 0.322 e. The normalized spacial score (nSPS) is 10.6. The molecule has 0 saturated heterocycles. The molecule has 0 saturated carbocycles. The third-order valence-electron chi connectivity index (χ3n) is 2.32. The molecule has 114 valence electrons. The van der Waals surface area contributed by atoms with Crippen LogP contribution in [0.25, 0.3) is 0 Å². The molecule has 8 nitrogen and oxygen atoms in total. The van der Waals surface area contributed by atoms with Crippen molar-refractivity contribution in [1.29, 1.82) is 0 Å². The molecule has 0 aromatic carbocycles. The molecule has 0 aliphatic rings. The Morgan fingerprint density at radius 3 is 2.62 bits per heavy atom. The minimum atomic E-state index is 0.320. The summed E-state index contributed by atoms with van der Waals surface area (Å²) in [4.78, 5) is 17.1. The summed E-state index contributed by atoms with van der Waals surface area (Å²) < 4.78 is 5.50. The minimum Gasteiger partial charge on any atom is -0.463 e. The summed E-state index contributed by atoms with van der Waals surface area (Å²) in [6, 6.07) is 0.320. The van der Waals surface area contributed by atoms with Gasteiger partial charge in [-0.3, -0.25) is 5.10 Å². The molecular weight excluding hydrogens is 290 g/mol. The standard InChI is InChI=1S/C12H19N7OS/c1-4-6-13-9-15-10(20-7-5-2)17-11(16-9)21-12-14-8(3)18-19-12/h4-7H2,1-3H3,(H,14,18,19)(H,13,15,16,17). The molecule has 0 spiro atoms. The molecule has 0 aliphatic heterocycles. The molecule has 2 aromatic rings. The van der Waals surface area contributed by atoms with Gasteiger partial charge in [-0.25, -0.2) is 4.98 Å². The Morgan fingerprint density at radius 1 is 1.10 bits per heavy atom. The van der Waals surface area contributed by atoms with Crippen LogP contribution in [0.1, 0.15) is 32.5 Å². The first-order chi connectivity index (χ1) is 10.2. The van der Waals surface area contributed by atoms with Crippen LogP contribution < -0.4 is 10.1 Å². The summed E-state index contributed by atoms with van der Waals surface area (Å²) in [6.45, 7) is 7.31.